The van der Waals surface area contributed by atoms with E-state index in [0.717, 1.165) is 34.8 Å². The predicted octanol–water partition coefficient (Wildman–Crippen LogP) is 4.97. The van der Waals surface area contributed by atoms with E-state index in [0.29, 0.717) is 18.5 Å². The molecule has 6 nitrogen and oxygen atoms in total. The highest BCUT2D eigenvalue weighted by Gasteiger charge is 2.50. The number of carbonyl (C=O) groups excluding carboxylic acids is 1. The highest BCUT2D eigenvalue weighted by Crippen LogP contribution is 2.47. The number of piperidine rings is 1. The van der Waals surface area contributed by atoms with Crippen molar-refractivity contribution in [3.05, 3.63) is 53.9 Å². The van der Waals surface area contributed by atoms with Crippen molar-refractivity contribution < 1.29 is 39.6 Å². The number of aryl methyl sites for hydroxylation is 1. The third kappa shape index (κ3) is 5.52. The van der Waals surface area contributed by atoms with Crippen molar-refractivity contribution in [3.8, 4) is 0 Å². The Bertz CT molecular complexity index is 1320. The molecule has 1 aromatic heterocycles. The number of Topliss-reactive ketones (excluding diaryl/α,β-unsaturated/α-hetero) is 1. The third-order valence-electron chi connectivity index (χ3n) is 7.99. The normalized spacial score (nSPS) is 27.7. The molecule has 0 radical (unpaired) electrons. The van der Waals surface area contributed by atoms with Crippen LogP contribution in [-0.2, 0) is 21.2 Å². The summed E-state index contributed by atoms with van der Waals surface area (Å²) in [5.41, 5.74) is 0.464. The van der Waals surface area contributed by atoms with E-state index >= 15 is 0 Å². The van der Waals surface area contributed by atoms with Crippen LogP contribution in [0.3, 0.4) is 0 Å². The quantitative estimate of drug-likeness (QED) is 0.436. The molecule has 0 N–H and O–H groups in total. The molecule has 0 spiro atoms. The summed E-state index contributed by atoms with van der Waals surface area (Å²) in [6, 6.07) is 3.29. The molecule has 0 aliphatic carbocycles. The minimum Gasteiger partial charge on any atom is -0.363 e. The first kappa shape index (κ1) is 27.9. The smallest absolute Gasteiger partial charge is 0.363 e. The van der Waals surface area contributed by atoms with E-state index in [1.807, 2.05) is 0 Å². The monoisotopic (exact) mass is 575 g/mol. The van der Waals surface area contributed by atoms with Gasteiger partial charge in [-0.3, -0.25) is 9.78 Å². The van der Waals surface area contributed by atoms with Crippen LogP contribution in [0.15, 0.2) is 41.4 Å². The summed E-state index contributed by atoms with van der Waals surface area (Å²) >= 11 is 0. The first-order valence-electron chi connectivity index (χ1n) is 12.8. The van der Waals surface area contributed by atoms with E-state index < -0.39 is 70.4 Å². The summed E-state index contributed by atoms with van der Waals surface area (Å²) in [6.07, 6.45) is -4.56. The number of alkyl halides is 4. The minimum atomic E-state index is -4.30. The molecule has 3 aliphatic rings. The molecule has 0 saturated carbocycles. The number of anilines is 1. The first-order chi connectivity index (χ1) is 18.3. The second-order valence-electron chi connectivity index (χ2n) is 10.5. The van der Waals surface area contributed by atoms with Gasteiger partial charge in [0, 0.05) is 37.2 Å². The molecule has 2 bridgehead atoms. The lowest BCUT2D eigenvalue weighted by molar-refractivity contribution is -0.182. The topological polar surface area (TPSA) is 70.6 Å². The lowest BCUT2D eigenvalue weighted by atomic mass is 9.89. The zero-order valence-electron chi connectivity index (χ0n) is 20.8. The van der Waals surface area contributed by atoms with Gasteiger partial charge in [-0.1, -0.05) is 0 Å². The van der Waals surface area contributed by atoms with Crippen molar-refractivity contribution in [2.24, 2.45) is 5.92 Å². The summed E-state index contributed by atoms with van der Waals surface area (Å²) in [5.74, 6) is -3.27. The van der Waals surface area contributed by atoms with Crippen LogP contribution in [0, 0.1) is 17.6 Å². The van der Waals surface area contributed by atoms with Crippen LogP contribution in [0.5, 0.6) is 0 Å². The number of rotatable bonds is 7. The number of pyridine rings is 1. The number of carbonyl (C=O) groups is 1. The van der Waals surface area contributed by atoms with E-state index in [1.165, 1.54) is 6.07 Å². The summed E-state index contributed by atoms with van der Waals surface area (Å²) in [7, 11) is -4.26. The molecule has 4 heterocycles. The summed E-state index contributed by atoms with van der Waals surface area (Å²) in [4.78, 5) is 18.5. The van der Waals surface area contributed by atoms with Gasteiger partial charge in [0.15, 0.2) is 11.6 Å². The number of fused-ring (bicyclic) bond motifs is 2. The van der Waals surface area contributed by atoms with Gasteiger partial charge in [0.05, 0.1) is 28.7 Å². The predicted molar refractivity (Wildman–Crippen MR) is 129 cm³/mol. The van der Waals surface area contributed by atoms with E-state index in [9.17, 15) is 39.6 Å². The van der Waals surface area contributed by atoms with Crippen LogP contribution < -0.4 is 4.90 Å². The van der Waals surface area contributed by atoms with Gasteiger partial charge in [0.25, 0.3) is 0 Å². The Morgan fingerprint density at radius 3 is 2.28 bits per heavy atom. The molecule has 13 heteroatoms. The highest BCUT2D eigenvalue weighted by molar-refractivity contribution is 7.89. The van der Waals surface area contributed by atoms with Gasteiger partial charge >= 0.3 is 6.18 Å². The fourth-order valence-electron chi connectivity index (χ4n) is 6.12. The number of ketones is 1. The molecule has 3 saturated heterocycles. The van der Waals surface area contributed by atoms with Crippen LogP contribution in [-0.4, -0.2) is 60.5 Å². The average molecular weight is 576 g/mol. The average Bonchev–Trinajstić information content (AvgIpc) is 3.39. The Labute approximate surface area is 222 Å². The minimum absolute atomic E-state index is 0.0123. The van der Waals surface area contributed by atoms with Gasteiger partial charge in [0.1, 0.15) is 12.0 Å². The van der Waals surface area contributed by atoms with Gasteiger partial charge in [0.2, 0.25) is 10.0 Å². The zero-order valence-corrected chi connectivity index (χ0v) is 21.6. The standard InChI is InChI=1S/C26H27F6N3O3S/c27-16-1-6-21(7-2-16)39(37,38)34-14-17(28)11-24(34)25(36)8-3-18-12-23(22(29)13-33-18)35-19-4-5-20(35)10-15(9-19)26(30,31)32/h1-2,6-7,12-13,15,17,19-20,24H,3-5,8-11,14H2/t15?,17-,19?,20?,24+/m1/s1. The second kappa shape index (κ2) is 10.4. The van der Waals surface area contributed by atoms with Gasteiger partial charge in [-0.05, 0) is 62.4 Å². The van der Waals surface area contributed by atoms with E-state index in [4.69, 9.17) is 0 Å². The molecule has 3 fully saturated rings. The number of benzene rings is 1. The maximum absolute atomic E-state index is 14.8. The number of nitrogens with zero attached hydrogens (tertiary/aromatic N) is 3. The van der Waals surface area contributed by atoms with Gasteiger partial charge in [-0.15, -0.1) is 0 Å². The van der Waals surface area contributed by atoms with Crippen molar-refractivity contribution in [2.45, 2.75) is 80.3 Å². The molecule has 1 aromatic carbocycles. The first-order valence-corrected chi connectivity index (χ1v) is 14.2. The second-order valence-corrected chi connectivity index (χ2v) is 12.4. The molecule has 5 rings (SSSR count). The number of sulfonamides is 1. The van der Waals surface area contributed by atoms with Crippen LogP contribution >= 0.6 is 0 Å². The van der Waals surface area contributed by atoms with Crippen LogP contribution in [0.25, 0.3) is 0 Å². The summed E-state index contributed by atoms with van der Waals surface area (Å²) in [6.45, 7) is -0.508. The van der Waals surface area contributed by atoms with Gasteiger partial charge < -0.3 is 4.90 Å². The van der Waals surface area contributed by atoms with Crippen molar-refractivity contribution in [1.29, 1.82) is 0 Å². The van der Waals surface area contributed by atoms with Crippen LogP contribution in [0.1, 0.15) is 44.2 Å². The number of hydrogen-bond acceptors (Lipinski definition) is 5. The van der Waals surface area contributed by atoms with Crippen molar-refractivity contribution in [1.82, 2.24) is 9.29 Å². The number of aromatic nitrogens is 1. The van der Waals surface area contributed by atoms with E-state index in [-0.39, 0.29) is 42.7 Å². The Kier molecular flexibility index (Phi) is 7.42. The van der Waals surface area contributed by atoms with Crippen LogP contribution in [0.4, 0.5) is 32.0 Å². The molecular formula is C26H27F6N3O3S. The lowest BCUT2D eigenvalue weighted by Crippen LogP contribution is -2.47. The molecule has 3 aliphatic heterocycles. The van der Waals surface area contributed by atoms with Crippen molar-refractivity contribution >= 4 is 21.5 Å². The number of hydrogen-bond donors (Lipinski definition) is 0. The highest BCUT2D eigenvalue weighted by atomic mass is 32.2. The Balaban J connectivity index is 1.29. The molecule has 2 aromatic rings. The van der Waals surface area contributed by atoms with Crippen molar-refractivity contribution in [2.75, 3.05) is 11.4 Å². The Morgan fingerprint density at radius 1 is 1.03 bits per heavy atom. The molecule has 4 atom stereocenters. The van der Waals surface area contributed by atoms with Gasteiger partial charge in [-0.2, -0.15) is 17.5 Å². The maximum Gasteiger partial charge on any atom is 0.391 e. The largest absolute Gasteiger partial charge is 0.391 e. The Hall–Kier alpha value is -2.67. The van der Waals surface area contributed by atoms with Crippen molar-refractivity contribution in [3.63, 3.8) is 0 Å². The number of halogens is 6. The van der Waals surface area contributed by atoms with E-state index in [1.54, 1.807) is 4.90 Å². The molecule has 0 amide bonds. The fourth-order valence-corrected chi connectivity index (χ4v) is 7.76. The van der Waals surface area contributed by atoms with E-state index in [2.05, 4.69) is 4.98 Å². The SMILES string of the molecule is O=C(CCc1cc(N2C3CCC2CC(C(F)(F)F)C3)c(F)cn1)[C@@H]1C[C@@H](F)CN1S(=O)(=O)c1ccc(F)cc1. The van der Waals surface area contributed by atoms with Gasteiger partial charge in [-0.25, -0.2) is 21.6 Å². The van der Waals surface area contributed by atoms with Crippen LogP contribution in [0.2, 0.25) is 0 Å². The summed E-state index contributed by atoms with van der Waals surface area (Å²) in [5, 5.41) is 0. The maximum atomic E-state index is 14.8. The zero-order chi connectivity index (χ0) is 28.1. The third-order valence-corrected chi connectivity index (χ3v) is 9.88. The molecule has 39 heavy (non-hydrogen) atoms. The molecule has 212 valence electrons. The summed E-state index contributed by atoms with van der Waals surface area (Å²) < 4.78 is 109. The molecular weight excluding hydrogens is 548 g/mol. The Morgan fingerprint density at radius 2 is 1.67 bits per heavy atom. The lowest BCUT2D eigenvalue weighted by Gasteiger charge is -2.41. The molecule has 2 unspecified atom stereocenters. The fraction of sp³-hybridized carbons (Fsp3) is 0.538.